The SMILES string of the molecule is Cc1ccc(S(=O)(=O)N2c3ccccc3NC(=O)[C@H]2Cc2cn(CCCc3ccc(C4=NCCN4)cc3)nn2)cc1. The minimum atomic E-state index is -4.03. The number of rotatable bonds is 9. The molecule has 1 amide bonds. The Morgan fingerprint density at radius 1 is 1.00 bits per heavy atom. The lowest BCUT2D eigenvalue weighted by atomic mass is 10.1. The number of benzene rings is 3. The summed E-state index contributed by atoms with van der Waals surface area (Å²) < 4.78 is 30.7. The number of sulfonamides is 1. The van der Waals surface area contributed by atoms with Crippen LogP contribution in [0.4, 0.5) is 11.4 Å². The van der Waals surface area contributed by atoms with Crippen LogP contribution in [0.3, 0.4) is 0 Å². The van der Waals surface area contributed by atoms with Gasteiger partial charge >= 0.3 is 0 Å². The third kappa shape index (κ3) is 5.58. The molecule has 2 aliphatic heterocycles. The fraction of sp³-hybridized carbons (Fsp3) is 0.267. The number of carbonyl (C=O) groups excluding carboxylic acids is 1. The Kier molecular flexibility index (Phi) is 7.27. The van der Waals surface area contributed by atoms with E-state index in [1.165, 1.54) is 9.87 Å². The highest BCUT2D eigenvalue weighted by molar-refractivity contribution is 7.93. The molecular weight excluding hydrogens is 538 g/mol. The number of aliphatic imine (C=N–C) groups is 1. The molecule has 0 unspecified atom stereocenters. The van der Waals surface area contributed by atoms with Gasteiger partial charge in [0.1, 0.15) is 11.9 Å². The summed E-state index contributed by atoms with van der Waals surface area (Å²) in [6.07, 6.45) is 3.61. The van der Waals surface area contributed by atoms with Crippen molar-refractivity contribution in [3.8, 4) is 0 Å². The van der Waals surface area contributed by atoms with Crippen LogP contribution in [-0.2, 0) is 34.2 Å². The van der Waals surface area contributed by atoms with E-state index in [-0.39, 0.29) is 11.3 Å². The van der Waals surface area contributed by atoms with E-state index in [2.05, 4.69) is 50.2 Å². The maximum atomic E-state index is 13.9. The standard InChI is InChI=1S/C30H31N7O3S/c1-21-8-14-25(15-9-21)41(39,40)37-27-7-3-2-6-26(27)33-30(38)28(37)19-24-20-36(35-34-24)18-4-5-22-10-12-23(13-11-22)29-31-16-17-32-29/h2-3,6-15,20,28H,4-5,16-19H2,1H3,(H,31,32)(H,33,38)/t28-/m1/s1. The fourth-order valence-corrected chi connectivity index (χ4v) is 6.79. The Morgan fingerprint density at radius 2 is 1.78 bits per heavy atom. The number of carbonyl (C=O) groups is 1. The van der Waals surface area contributed by atoms with Crippen molar-refractivity contribution in [2.45, 2.75) is 43.7 Å². The van der Waals surface area contributed by atoms with Crippen LogP contribution in [-0.4, -0.2) is 54.3 Å². The molecule has 3 heterocycles. The fourth-order valence-electron chi connectivity index (χ4n) is 5.16. The molecule has 4 aromatic rings. The molecule has 2 N–H and O–H groups in total. The molecule has 6 rings (SSSR count). The zero-order valence-corrected chi connectivity index (χ0v) is 23.5. The second-order valence-electron chi connectivity index (χ2n) is 10.3. The highest BCUT2D eigenvalue weighted by Crippen LogP contribution is 2.37. The smallest absolute Gasteiger partial charge is 0.265 e. The highest BCUT2D eigenvalue weighted by Gasteiger charge is 2.41. The van der Waals surface area contributed by atoms with E-state index >= 15 is 0 Å². The summed E-state index contributed by atoms with van der Waals surface area (Å²) in [6.45, 7) is 4.24. The Bertz CT molecular complexity index is 1700. The summed E-state index contributed by atoms with van der Waals surface area (Å²) in [7, 11) is -4.03. The Balaban J connectivity index is 1.16. The number of amides is 1. The number of amidine groups is 1. The normalized spacial score (nSPS) is 16.6. The first-order valence-corrected chi connectivity index (χ1v) is 15.1. The van der Waals surface area contributed by atoms with Crippen LogP contribution < -0.4 is 14.9 Å². The molecular formula is C30H31N7O3S. The van der Waals surface area contributed by atoms with Crippen molar-refractivity contribution in [3.05, 3.63) is 101 Å². The average molecular weight is 570 g/mol. The van der Waals surface area contributed by atoms with Gasteiger partial charge in [0.15, 0.2) is 0 Å². The molecule has 41 heavy (non-hydrogen) atoms. The Hall–Kier alpha value is -4.51. The van der Waals surface area contributed by atoms with Gasteiger partial charge in [-0.15, -0.1) is 5.10 Å². The van der Waals surface area contributed by atoms with Gasteiger partial charge in [-0.25, -0.2) is 8.42 Å². The molecule has 0 fully saturated rings. The van der Waals surface area contributed by atoms with Gasteiger partial charge in [-0.1, -0.05) is 59.3 Å². The van der Waals surface area contributed by atoms with Gasteiger partial charge in [0.25, 0.3) is 10.0 Å². The Labute approximate surface area is 239 Å². The van der Waals surface area contributed by atoms with Crippen molar-refractivity contribution >= 4 is 33.1 Å². The number of anilines is 2. The second kappa shape index (κ2) is 11.2. The first kappa shape index (κ1) is 26.7. The van der Waals surface area contributed by atoms with Gasteiger partial charge < -0.3 is 10.6 Å². The van der Waals surface area contributed by atoms with Crippen molar-refractivity contribution in [2.24, 2.45) is 4.99 Å². The topological polar surface area (TPSA) is 122 Å². The summed E-state index contributed by atoms with van der Waals surface area (Å²) in [5.74, 6) is 0.545. The number of hydrogen-bond donors (Lipinski definition) is 2. The predicted octanol–water partition coefficient (Wildman–Crippen LogP) is 3.33. The number of aryl methyl sites for hydroxylation is 3. The van der Waals surface area contributed by atoms with Gasteiger partial charge in [0, 0.05) is 31.3 Å². The van der Waals surface area contributed by atoms with Crippen LogP contribution in [0.15, 0.2) is 88.9 Å². The molecule has 210 valence electrons. The third-order valence-corrected chi connectivity index (χ3v) is 9.14. The van der Waals surface area contributed by atoms with Gasteiger partial charge in [0.2, 0.25) is 5.91 Å². The van der Waals surface area contributed by atoms with Crippen LogP contribution >= 0.6 is 0 Å². The summed E-state index contributed by atoms with van der Waals surface area (Å²) >= 11 is 0. The zero-order valence-electron chi connectivity index (χ0n) is 22.7. The molecule has 10 nitrogen and oxygen atoms in total. The van der Waals surface area contributed by atoms with E-state index in [9.17, 15) is 13.2 Å². The summed E-state index contributed by atoms with van der Waals surface area (Å²) in [5, 5.41) is 14.7. The number of fused-ring (bicyclic) bond motifs is 1. The van der Waals surface area contributed by atoms with Crippen LogP contribution in [0, 0.1) is 6.92 Å². The summed E-state index contributed by atoms with van der Waals surface area (Å²) in [5.41, 5.74) is 4.69. The van der Waals surface area contributed by atoms with Crippen LogP contribution in [0.2, 0.25) is 0 Å². The summed E-state index contributed by atoms with van der Waals surface area (Å²) in [6, 6.07) is 21.0. The maximum absolute atomic E-state index is 13.9. The first-order chi connectivity index (χ1) is 19.9. The molecule has 0 aliphatic carbocycles. The van der Waals surface area contributed by atoms with E-state index in [4.69, 9.17) is 0 Å². The molecule has 1 atom stereocenters. The van der Waals surface area contributed by atoms with Gasteiger partial charge in [-0.05, 0) is 49.6 Å². The monoisotopic (exact) mass is 569 g/mol. The van der Waals surface area contributed by atoms with E-state index in [0.717, 1.165) is 42.9 Å². The number of para-hydroxylation sites is 2. The molecule has 0 radical (unpaired) electrons. The first-order valence-electron chi connectivity index (χ1n) is 13.7. The molecule has 2 aliphatic rings. The minimum Gasteiger partial charge on any atom is -0.368 e. The lowest BCUT2D eigenvalue weighted by Gasteiger charge is -2.36. The quantitative estimate of drug-likeness (QED) is 0.319. The second-order valence-corrected chi connectivity index (χ2v) is 12.1. The number of hydrogen-bond acceptors (Lipinski definition) is 7. The molecule has 0 spiro atoms. The lowest BCUT2D eigenvalue weighted by Crippen LogP contribution is -2.52. The molecule has 11 heteroatoms. The van der Waals surface area contributed by atoms with Crippen LogP contribution in [0.5, 0.6) is 0 Å². The van der Waals surface area contributed by atoms with E-state index in [1.807, 2.05) is 6.92 Å². The van der Waals surface area contributed by atoms with E-state index < -0.39 is 22.0 Å². The predicted molar refractivity (Wildman–Crippen MR) is 158 cm³/mol. The van der Waals surface area contributed by atoms with Gasteiger partial charge in [0.05, 0.1) is 28.5 Å². The van der Waals surface area contributed by atoms with Crippen LogP contribution in [0.1, 0.15) is 28.8 Å². The van der Waals surface area contributed by atoms with Crippen LogP contribution in [0.25, 0.3) is 0 Å². The van der Waals surface area contributed by atoms with Crippen molar-refractivity contribution in [1.82, 2.24) is 20.3 Å². The number of nitrogens with one attached hydrogen (secondary N) is 2. The van der Waals surface area contributed by atoms with E-state index in [0.29, 0.717) is 23.6 Å². The Morgan fingerprint density at radius 3 is 2.54 bits per heavy atom. The number of aromatic nitrogens is 3. The van der Waals surface area contributed by atoms with Crippen molar-refractivity contribution < 1.29 is 13.2 Å². The molecule has 3 aromatic carbocycles. The van der Waals surface area contributed by atoms with Crippen molar-refractivity contribution in [3.63, 3.8) is 0 Å². The third-order valence-electron chi connectivity index (χ3n) is 7.31. The van der Waals surface area contributed by atoms with Gasteiger partial charge in [-0.2, -0.15) is 0 Å². The largest absolute Gasteiger partial charge is 0.368 e. The molecule has 0 bridgehead atoms. The average Bonchev–Trinajstić information content (AvgIpc) is 3.67. The lowest BCUT2D eigenvalue weighted by molar-refractivity contribution is -0.117. The van der Waals surface area contributed by atoms with Crippen molar-refractivity contribution in [2.75, 3.05) is 22.7 Å². The summed E-state index contributed by atoms with van der Waals surface area (Å²) in [4.78, 5) is 17.9. The number of nitrogens with zero attached hydrogens (tertiary/aromatic N) is 5. The highest BCUT2D eigenvalue weighted by atomic mass is 32.2. The minimum absolute atomic E-state index is 0.0879. The maximum Gasteiger partial charge on any atom is 0.265 e. The van der Waals surface area contributed by atoms with Gasteiger partial charge in [-0.3, -0.25) is 18.8 Å². The van der Waals surface area contributed by atoms with Crippen molar-refractivity contribution in [1.29, 1.82) is 0 Å². The van der Waals surface area contributed by atoms with E-state index in [1.54, 1.807) is 59.4 Å². The molecule has 0 saturated carbocycles. The zero-order chi connectivity index (χ0) is 28.4. The molecule has 1 aromatic heterocycles. The molecule has 0 saturated heterocycles.